The van der Waals surface area contributed by atoms with Gasteiger partial charge in [0.2, 0.25) is 5.91 Å². The summed E-state index contributed by atoms with van der Waals surface area (Å²) in [5.74, 6) is -1.27. The molecular formula is C17H19NO3. The summed E-state index contributed by atoms with van der Waals surface area (Å²) in [5, 5.41) is 0. The van der Waals surface area contributed by atoms with Crippen molar-refractivity contribution in [2.75, 3.05) is 13.7 Å². The molecule has 0 saturated carbocycles. The minimum absolute atomic E-state index is 0.147. The maximum Gasteiger partial charge on any atom is 0.318 e. The number of carbonyl (C=O) groups excluding carboxylic acids is 2. The number of benzene rings is 1. The normalized spacial score (nSPS) is 21.0. The Morgan fingerprint density at radius 2 is 2.10 bits per heavy atom. The molecule has 0 aromatic heterocycles. The van der Waals surface area contributed by atoms with E-state index in [1.807, 2.05) is 12.1 Å². The lowest BCUT2D eigenvalue weighted by atomic mass is 9.80. The van der Waals surface area contributed by atoms with Gasteiger partial charge >= 0.3 is 5.97 Å². The van der Waals surface area contributed by atoms with Crippen LogP contribution in [0.4, 0.5) is 0 Å². The molecule has 1 atom stereocenters. The average molecular weight is 285 g/mol. The summed E-state index contributed by atoms with van der Waals surface area (Å²) in [4.78, 5) is 26.1. The second-order valence-corrected chi connectivity index (χ2v) is 5.49. The third kappa shape index (κ3) is 2.24. The Morgan fingerprint density at radius 1 is 1.33 bits per heavy atom. The van der Waals surface area contributed by atoms with Crippen LogP contribution in [-0.2, 0) is 20.7 Å². The molecular weight excluding hydrogens is 266 g/mol. The van der Waals surface area contributed by atoms with Crippen molar-refractivity contribution in [2.45, 2.75) is 26.2 Å². The summed E-state index contributed by atoms with van der Waals surface area (Å²) in [6, 6.07) is 8.24. The maximum absolute atomic E-state index is 12.4. The maximum atomic E-state index is 12.4. The first kappa shape index (κ1) is 13.9. The van der Waals surface area contributed by atoms with Crippen molar-refractivity contribution >= 4 is 17.4 Å². The van der Waals surface area contributed by atoms with Gasteiger partial charge in [-0.1, -0.05) is 24.3 Å². The molecule has 1 aliphatic heterocycles. The van der Waals surface area contributed by atoms with Crippen molar-refractivity contribution in [3.8, 4) is 0 Å². The average Bonchev–Trinajstić information content (AvgIpc) is 2.50. The number of nitrogens with zero attached hydrogens (tertiary/aromatic N) is 1. The van der Waals surface area contributed by atoms with E-state index >= 15 is 0 Å². The quantitative estimate of drug-likeness (QED) is 0.619. The van der Waals surface area contributed by atoms with E-state index in [2.05, 4.69) is 12.1 Å². The van der Waals surface area contributed by atoms with Gasteiger partial charge in [0.15, 0.2) is 0 Å². The number of hydrogen-bond acceptors (Lipinski definition) is 3. The Bertz CT molecular complexity index is 633. The summed E-state index contributed by atoms with van der Waals surface area (Å²) < 4.78 is 5.06. The monoisotopic (exact) mass is 285 g/mol. The van der Waals surface area contributed by atoms with Gasteiger partial charge in [-0.05, 0) is 42.9 Å². The number of amides is 1. The lowest BCUT2D eigenvalue weighted by molar-refractivity contribution is -0.154. The van der Waals surface area contributed by atoms with Gasteiger partial charge in [0.05, 0.1) is 6.61 Å². The molecule has 1 aromatic rings. The van der Waals surface area contributed by atoms with Crippen LogP contribution in [-0.4, -0.2) is 30.4 Å². The molecule has 1 aromatic carbocycles. The number of esters is 1. The van der Waals surface area contributed by atoms with Crippen molar-refractivity contribution in [3.05, 3.63) is 41.1 Å². The summed E-state index contributed by atoms with van der Waals surface area (Å²) >= 11 is 0. The van der Waals surface area contributed by atoms with Gasteiger partial charge in [-0.25, -0.2) is 0 Å². The number of rotatable bonds is 2. The van der Waals surface area contributed by atoms with E-state index in [-0.39, 0.29) is 5.91 Å². The van der Waals surface area contributed by atoms with E-state index in [0.29, 0.717) is 13.0 Å². The molecule has 1 amide bonds. The summed E-state index contributed by atoms with van der Waals surface area (Å²) in [6.07, 6.45) is 2.25. The largest absolute Gasteiger partial charge is 0.465 e. The molecule has 0 fully saturated rings. The zero-order valence-corrected chi connectivity index (χ0v) is 12.4. The molecule has 0 radical (unpaired) electrons. The Balaban J connectivity index is 2.01. The highest BCUT2D eigenvalue weighted by atomic mass is 16.5. The lowest BCUT2D eigenvalue weighted by Gasteiger charge is -2.36. The topological polar surface area (TPSA) is 46.6 Å². The SMILES string of the molecule is CCOC(=O)[C@H]1CC2=C(CCc3ccccc32)N(C)C1=O. The zero-order valence-electron chi connectivity index (χ0n) is 12.4. The Hall–Kier alpha value is -2.10. The van der Waals surface area contributed by atoms with Crippen LogP contribution in [0.25, 0.3) is 5.57 Å². The van der Waals surface area contributed by atoms with Gasteiger partial charge in [0.25, 0.3) is 0 Å². The number of carbonyl (C=O) groups is 2. The minimum Gasteiger partial charge on any atom is -0.465 e. The van der Waals surface area contributed by atoms with E-state index in [1.165, 1.54) is 11.1 Å². The molecule has 21 heavy (non-hydrogen) atoms. The summed E-state index contributed by atoms with van der Waals surface area (Å²) in [5.41, 5.74) is 4.64. The molecule has 0 bridgehead atoms. The molecule has 4 heteroatoms. The van der Waals surface area contributed by atoms with Gasteiger partial charge in [-0.3, -0.25) is 9.59 Å². The highest BCUT2D eigenvalue weighted by molar-refractivity contribution is 6.02. The van der Waals surface area contributed by atoms with E-state index in [9.17, 15) is 9.59 Å². The second kappa shape index (κ2) is 5.35. The van der Waals surface area contributed by atoms with Crippen molar-refractivity contribution in [1.29, 1.82) is 0 Å². The van der Waals surface area contributed by atoms with E-state index in [1.54, 1.807) is 18.9 Å². The van der Waals surface area contributed by atoms with Crippen molar-refractivity contribution in [2.24, 2.45) is 5.92 Å². The van der Waals surface area contributed by atoms with Gasteiger partial charge in [-0.15, -0.1) is 0 Å². The third-order valence-corrected chi connectivity index (χ3v) is 4.33. The van der Waals surface area contributed by atoms with Gasteiger partial charge < -0.3 is 9.64 Å². The molecule has 0 unspecified atom stereocenters. The first-order valence-corrected chi connectivity index (χ1v) is 7.38. The van der Waals surface area contributed by atoms with E-state index < -0.39 is 11.9 Å². The van der Waals surface area contributed by atoms with Crippen LogP contribution in [0.15, 0.2) is 30.0 Å². The first-order chi connectivity index (χ1) is 10.1. The molecule has 0 saturated heterocycles. The van der Waals surface area contributed by atoms with Crippen LogP contribution in [0.3, 0.4) is 0 Å². The number of fused-ring (bicyclic) bond motifs is 2. The Morgan fingerprint density at radius 3 is 2.86 bits per heavy atom. The van der Waals surface area contributed by atoms with E-state index in [4.69, 9.17) is 4.74 Å². The standard InChI is InChI=1S/C17H19NO3/c1-3-21-17(20)14-10-13-12-7-5-4-6-11(12)8-9-15(13)18(2)16(14)19/h4-7,14H,3,8-10H2,1-2H3/t14-/m0/s1. The molecule has 4 nitrogen and oxygen atoms in total. The van der Waals surface area contributed by atoms with Gasteiger partial charge in [-0.2, -0.15) is 0 Å². The smallest absolute Gasteiger partial charge is 0.318 e. The predicted molar refractivity (Wildman–Crippen MR) is 79.2 cm³/mol. The fourth-order valence-corrected chi connectivity index (χ4v) is 3.28. The van der Waals surface area contributed by atoms with Crippen molar-refractivity contribution in [1.82, 2.24) is 4.90 Å². The number of aryl methyl sites for hydroxylation is 1. The van der Waals surface area contributed by atoms with E-state index in [0.717, 1.165) is 24.1 Å². The molecule has 1 heterocycles. The summed E-state index contributed by atoms with van der Waals surface area (Å²) in [7, 11) is 1.76. The van der Waals surface area contributed by atoms with Crippen molar-refractivity contribution in [3.63, 3.8) is 0 Å². The molecule has 2 aliphatic rings. The molecule has 3 rings (SSSR count). The van der Waals surface area contributed by atoms with Crippen molar-refractivity contribution < 1.29 is 14.3 Å². The zero-order chi connectivity index (χ0) is 15.0. The fraction of sp³-hybridized carbons (Fsp3) is 0.412. The van der Waals surface area contributed by atoms with Crippen LogP contribution in [0, 0.1) is 5.92 Å². The Kier molecular flexibility index (Phi) is 3.53. The first-order valence-electron chi connectivity index (χ1n) is 7.38. The predicted octanol–water partition coefficient (Wildman–Crippen LogP) is 2.39. The van der Waals surface area contributed by atoms with Crippen LogP contribution in [0.2, 0.25) is 0 Å². The van der Waals surface area contributed by atoms with Crippen LogP contribution in [0.1, 0.15) is 30.9 Å². The van der Waals surface area contributed by atoms with Crippen LogP contribution in [0.5, 0.6) is 0 Å². The fourth-order valence-electron chi connectivity index (χ4n) is 3.28. The number of hydrogen-bond donors (Lipinski definition) is 0. The second-order valence-electron chi connectivity index (χ2n) is 5.49. The summed E-state index contributed by atoms with van der Waals surface area (Å²) in [6.45, 7) is 2.06. The Labute approximate surface area is 124 Å². The number of allylic oxidation sites excluding steroid dienone is 2. The van der Waals surface area contributed by atoms with Crippen LogP contribution >= 0.6 is 0 Å². The minimum atomic E-state index is -0.708. The van der Waals surface area contributed by atoms with Gasteiger partial charge in [0.1, 0.15) is 5.92 Å². The lowest BCUT2D eigenvalue weighted by Crippen LogP contribution is -2.42. The molecule has 0 spiro atoms. The van der Waals surface area contributed by atoms with Crippen LogP contribution < -0.4 is 0 Å². The highest BCUT2D eigenvalue weighted by Crippen LogP contribution is 2.40. The van der Waals surface area contributed by atoms with Gasteiger partial charge in [0, 0.05) is 12.7 Å². The number of ether oxygens (including phenoxy) is 1. The molecule has 110 valence electrons. The highest BCUT2D eigenvalue weighted by Gasteiger charge is 2.39. The third-order valence-electron chi connectivity index (χ3n) is 4.33. The molecule has 1 aliphatic carbocycles. The molecule has 0 N–H and O–H groups in total.